The van der Waals surface area contributed by atoms with Crippen molar-refractivity contribution in [2.45, 2.75) is 77.5 Å². The van der Waals surface area contributed by atoms with Gasteiger partial charge in [0.05, 0.1) is 38.1 Å². The molecular weight excluding hydrogens is 512 g/mol. The molecule has 0 amide bonds. The zero-order valence-corrected chi connectivity index (χ0v) is 23.7. The van der Waals surface area contributed by atoms with Crippen LogP contribution >= 0.6 is 0 Å². The lowest BCUT2D eigenvalue weighted by molar-refractivity contribution is -0.247. The summed E-state index contributed by atoms with van der Waals surface area (Å²) in [7, 11) is 1.37. The monoisotopic (exact) mass is 550 g/mol. The van der Waals surface area contributed by atoms with Crippen molar-refractivity contribution in [3.63, 3.8) is 0 Å². The molecule has 10 atom stereocenters. The largest absolute Gasteiger partial charge is 0.469 e. The van der Waals surface area contributed by atoms with Crippen molar-refractivity contribution in [2.24, 2.45) is 28.1 Å². The Kier molecular flexibility index (Phi) is 6.40. The average Bonchev–Trinajstić information content (AvgIpc) is 3.54. The molecule has 2 aliphatic heterocycles. The number of benzene rings is 1. The molecule has 1 N–H and O–H groups in total. The topological polar surface area (TPSA) is 108 Å². The van der Waals surface area contributed by atoms with Crippen LogP contribution in [0, 0.1) is 28.1 Å². The highest BCUT2D eigenvalue weighted by atomic mass is 16.6. The summed E-state index contributed by atoms with van der Waals surface area (Å²) in [4.78, 5) is 39.1. The SMILES string of the molecule is COC(=O)CC1C2(C)C3=C(C)C(=O)CC3OC2C2OCC3(C)C(O)CC(OC(=O)C=Cc4ccccc4)C1(C)C23. The van der Waals surface area contributed by atoms with E-state index in [0.717, 1.165) is 11.1 Å². The zero-order chi connectivity index (χ0) is 28.6. The van der Waals surface area contributed by atoms with Crippen LogP contribution in [0.2, 0.25) is 0 Å². The number of hydrogen-bond donors (Lipinski definition) is 1. The number of carbonyl (C=O) groups excluding carboxylic acids is 3. The minimum atomic E-state index is -0.790. The highest BCUT2D eigenvalue weighted by molar-refractivity contribution is 5.99. The van der Waals surface area contributed by atoms with Crippen molar-refractivity contribution in [2.75, 3.05) is 13.7 Å². The standard InChI is InChI=1S/C32H38O8/c1-17-19(33)13-20-26(17)32(4)21(14-25(36)37-5)31(3)23(40-24(35)12-11-18-9-7-6-8-10-18)15-22(34)30(2)16-38-27(28(30)31)29(32)39-20/h6-12,20-23,27-29,34H,13-16H2,1-5H3. The number of fused-ring (bicyclic) bond motifs is 4. The van der Waals surface area contributed by atoms with Crippen molar-refractivity contribution in [1.29, 1.82) is 0 Å². The molecule has 214 valence electrons. The summed E-state index contributed by atoms with van der Waals surface area (Å²) in [5.41, 5.74) is 0.324. The minimum absolute atomic E-state index is 0.0500. The molecule has 2 heterocycles. The number of allylic oxidation sites excluding steroid dienone is 1. The van der Waals surface area contributed by atoms with Crippen molar-refractivity contribution in [3.05, 3.63) is 53.1 Å². The Hall–Kier alpha value is -2.81. The molecule has 1 aromatic rings. The third kappa shape index (κ3) is 3.65. The molecule has 40 heavy (non-hydrogen) atoms. The van der Waals surface area contributed by atoms with Gasteiger partial charge in [-0.15, -0.1) is 0 Å². The van der Waals surface area contributed by atoms with Crippen LogP contribution < -0.4 is 0 Å². The summed E-state index contributed by atoms with van der Waals surface area (Å²) in [6, 6.07) is 9.48. The predicted octanol–water partition coefficient (Wildman–Crippen LogP) is 3.66. The van der Waals surface area contributed by atoms with E-state index in [2.05, 4.69) is 13.8 Å². The van der Waals surface area contributed by atoms with E-state index in [1.807, 2.05) is 44.2 Å². The summed E-state index contributed by atoms with van der Waals surface area (Å²) in [5.74, 6) is -1.50. The first kappa shape index (κ1) is 27.4. The third-order valence-electron chi connectivity index (χ3n) is 11.0. The van der Waals surface area contributed by atoms with Crippen LogP contribution in [0.5, 0.6) is 0 Å². The summed E-state index contributed by atoms with van der Waals surface area (Å²) >= 11 is 0. The number of ether oxygens (including phenoxy) is 4. The van der Waals surface area contributed by atoms with Gasteiger partial charge in [0.1, 0.15) is 6.10 Å². The fraction of sp³-hybridized carbons (Fsp3) is 0.594. The lowest BCUT2D eigenvalue weighted by Crippen LogP contribution is -2.70. The van der Waals surface area contributed by atoms with E-state index in [1.54, 1.807) is 6.08 Å². The fourth-order valence-corrected chi connectivity index (χ4v) is 9.20. The summed E-state index contributed by atoms with van der Waals surface area (Å²) in [6.07, 6.45) is 0.982. The van der Waals surface area contributed by atoms with Gasteiger partial charge in [-0.1, -0.05) is 51.1 Å². The molecule has 6 rings (SSSR count). The van der Waals surface area contributed by atoms with Gasteiger partial charge in [0.25, 0.3) is 0 Å². The van der Waals surface area contributed by atoms with Crippen LogP contribution in [0.1, 0.15) is 52.5 Å². The second kappa shape index (κ2) is 9.36. The van der Waals surface area contributed by atoms with Gasteiger partial charge in [0.2, 0.25) is 0 Å². The fourth-order valence-electron chi connectivity index (χ4n) is 9.20. The number of ketones is 1. The molecule has 0 spiro atoms. The highest BCUT2D eigenvalue weighted by Crippen LogP contribution is 2.73. The van der Waals surface area contributed by atoms with E-state index in [1.165, 1.54) is 13.2 Å². The Labute approximate surface area is 234 Å². The van der Waals surface area contributed by atoms with Crippen LogP contribution in [0.25, 0.3) is 6.08 Å². The van der Waals surface area contributed by atoms with Gasteiger partial charge >= 0.3 is 11.9 Å². The van der Waals surface area contributed by atoms with Gasteiger partial charge in [-0.2, -0.15) is 0 Å². The van der Waals surface area contributed by atoms with E-state index < -0.39 is 52.5 Å². The summed E-state index contributed by atoms with van der Waals surface area (Å²) in [6.45, 7) is 8.33. The number of carbonyl (C=O) groups is 3. The molecule has 0 aromatic heterocycles. The zero-order valence-electron chi connectivity index (χ0n) is 23.7. The highest BCUT2D eigenvalue weighted by Gasteiger charge is 2.78. The molecule has 2 saturated carbocycles. The Balaban J connectivity index is 1.46. The number of methoxy groups -OCH3 is 1. The normalized spacial score (nSPS) is 43.5. The molecule has 10 unspecified atom stereocenters. The third-order valence-corrected chi connectivity index (χ3v) is 11.0. The second-order valence-electron chi connectivity index (χ2n) is 12.9. The van der Waals surface area contributed by atoms with Gasteiger partial charge in [0, 0.05) is 47.5 Å². The first-order chi connectivity index (χ1) is 19.0. The van der Waals surface area contributed by atoms with Crippen LogP contribution in [0.15, 0.2) is 47.6 Å². The van der Waals surface area contributed by atoms with Crippen molar-refractivity contribution < 1.29 is 38.4 Å². The van der Waals surface area contributed by atoms with Crippen LogP contribution in [0.4, 0.5) is 0 Å². The first-order valence-electron chi connectivity index (χ1n) is 14.2. The Bertz CT molecular complexity index is 1300. The molecular formula is C32H38O8. The number of Topliss-reactive ketones (excluding diaryl/α,β-unsaturated/α-hetero) is 1. The molecule has 2 saturated heterocycles. The smallest absolute Gasteiger partial charge is 0.331 e. The van der Waals surface area contributed by atoms with Gasteiger partial charge in [-0.3, -0.25) is 9.59 Å². The Morgan fingerprint density at radius 3 is 2.60 bits per heavy atom. The lowest BCUT2D eigenvalue weighted by Gasteiger charge is -2.65. The molecule has 3 aliphatic carbocycles. The number of rotatable bonds is 5. The summed E-state index contributed by atoms with van der Waals surface area (Å²) < 4.78 is 24.5. The van der Waals surface area contributed by atoms with Gasteiger partial charge in [0.15, 0.2) is 5.78 Å². The van der Waals surface area contributed by atoms with E-state index >= 15 is 0 Å². The Morgan fingerprint density at radius 1 is 1.18 bits per heavy atom. The molecule has 4 fully saturated rings. The van der Waals surface area contributed by atoms with Crippen molar-refractivity contribution in [1.82, 2.24) is 0 Å². The maximum absolute atomic E-state index is 13.2. The average molecular weight is 551 g/mol. The maximum atomic E-state index is 13.2. The van der Waals surface area contributed by atoms with E-state index in [-0.39, 0.29) is 43.0 Å². The van der Waals surface area contributed by atoms with E-state index in [0.29, 0.717) is 12.2 Å². The number of esters is 2. The van der Waals surface area contributed by atoms with E-state index in [4.69, 9.17) is 18.9 Å². The quantitative estimate of drug-likeness (QED) is 0.437. The number of aliphatic hydroxyl groups is 1. The molecule has 5 aliphatic rings. The molecule has 8 heteroatoms. The second-order valence-corrected chi connectivity index (χ2v) is 12.9. The summed E-state index contributed by atoms with van der Waals surface area (Å²) in [5, 5.41) is 11.5. The van der Waals surface area contributed by atoms with E-state index in [9.17, 15) is 19.5 Å². The number of aliphatic hydroxyl groups excluding tert-OH is 1. The first-order valence-corrected chi connectivity index (χ1v) is 14.2. The maximum Gasteiger partial charge on any atom is 0.331 e. The van der Waals surface area contributed by atoms with Crippen molar-refractivity contribution in [3.8, 4) is 0 Å². The number of hydrogen-bond acceptors (Lipinski definition) is 8. The molecule has 1 aromatic carbocycles. The predicted molar refractivity (Wildman–Crippen MR) is 145 cm³/mol. The van der Waals surface area contributed by atoms with Crippen LogP contribution in [0.3, 0.4) is 0 Å². The van der Waals surface area contributed by atoms with Crippen LogP contribution in [-0.4, -0.2) is 67.1 Å². The lowest BCUT2D eigenvalue weighted by atomic mass is 9.40. The van der Waals surface area contributed by atoms with Crippen LogP contribution in [-0.2, 0) is 33.3 Å². The molecule has 0 bridgehead atoms. The van der Waals surface area contributed by atoms with Crippen molar-refractivity contribution >= 4 is 23.8 Å². The minimum Gasteiger partial charge on any atom is -0.469 e. The Morgan fingerprint density at radius 2 is 1.90 bits per heavy atom. The van der Waals surface area contributed by atoms with Gasteiger partial charge in [-0.25, -0.2) is 4.79 Å². The van der Waals surface area contributed by atoms with Gasteiger partial charge in [-0.05, 0) is 35.6 Å². The molecule has 8 nitrogen and oxygen atoms in total. The molecule has 0 radical (unpaired) electrons. The van der Waals surface area contributed by atoms with Gasteiger partial charge < -0.3 is 24.1 Å².